The summed E-state index contributed by atoms with van der Waals surface area (Å²) in [6.45, 7) is 2.53. The van der Waals surface area contributed by atoms with Gasteiger partial charge in [-0.3, -0.25) is 0 Å². The van der Waals surface area contributed by atoms with Crippen LogP contribution < -0.4 is 15.2 Å². The van der Waals surface area contributed by atoms with E-state index in [0.717, 1.165) is 12.8 Å². The average molecular weight is 286 g/mol. The van der Waals surface area contributed by atoms with E-state index in [1.54, 1.807) is 6.92 Å². The van der Waals surface area contributed by atoms with Crippen LogP contribution in [0, 0.1) is 5.92 Å². The highest BCUT2D eigenvalue weighted by atomic mass is 35.5. The maximum Gasteiger partial charge on any atom is 0.277 e. The van der Waals surface area contributed by atoms with Crippen molar-refractivity contribution in [2.75, 3.05) is 13.1 Å². The molecule has 0 spiro atoms. The zero-order valence-electron chi connectivity index (χ0n) is 10.3. The Balaban J connectivity index is 0.00000256. The fourth-order valence-corrected chi connectivity index (χ4v) is 3.45. The second-order valence-electron chi connectivity index (χ2n) is 4.36. The van der Waals surface area contributed by atoms with Gasteiger partial charge in [0.05, 0.1) is 0 Å². The van der Waals surface area contributed by atoms with E-state index in [9.17, 15) is 8.42 Å². The number of nitrogens with one attached hydrogen (secondary N) is 2. The third-order valence-corrected chi connectivity index (χ3v) is 4.40. The van der Waals surface area contributed by atoms with Gasteiger partial charge in [0.1, 0.15) is 0 Å². The van der Waals surface area contributed by atoms with Gasteiger partial charge in [0.15, 0.2) is 0 Å². The van der Waals surface area contributed by atoms with E-state index in [1.165, 1.54) is 19.3 Å². The van der Waals surface area contributed by atoms with Crippen molar-refractivity contribution in [3.8, 4) is 0 Å². The number of nitrogens with two attached hydrogens (primary N) is 1. The zero-order chi connectivity index (χ0) is 12.0. The lowest BCUT2D eigenvalue weighted by molar-refractivity contribution is 0.293. The molecule has 0 aromatic rings. The van der Waals surface area contributed by atoms with Gasteiger partial charge in [0.2, 0.25) is 0 Å². The topological polar surface area (TPSA) is 84.2 Å². The Hall–Kier alpha value is 0.120. The largest absolute Gasteiger partial charge is 0.329 e. The molecule has 0 heterocycles. The van der Waals surface area contributed by atoms with Crippen LogP contribution in [-0.2, 0) is 10.2 Å². The van der Waals surface area contributed by atoms with E-state index in [1.807, 2.05) is 0 Å². The normalized spacial score (nSPS) is 19.6. The van der Waals surface area contributed by atoms with E-state index >= 15 is 0 Å². The molecule has 1 fully saturated rings. The van der Waals surface area contributed by atoms with Crippen molar-refractivity contribution in [3.05, 3.63) is 0 Å². The van der Waals surface area contributed by atoms with Crippen LogP contribution in [0.15, 0.2) is 0 Å². The Morgan fingerprint density at radius 3 is 2.35 bits per heavy atom. The van der Waals surface area contributed by atoms with Crippen LogP contribution in [0.1, 0.15) is 39.0 Å². The molecule has 1 atom stereocenters. The Labute approximate surface area is 111 Å². The van der Waals surface area contributed by atoms with E-state index in [2.05, 4.69) is 9.44 Å². The summed E-state index contributed by atoms with van der Waals surface area (Å²) in [5.74, 6) is 0.396. The van der Waals surface area contributed by atoms with Crippen molar-refractivity contribution < 1.29 is 8.42 Å². The second kappa shape index (κ2) is 8.26. The monoisotopic (exact) mass is 285 g/mol. The van der Waals surface area contributed by atoms with Gasteiger partial charge in [-0.05, 0) is 18.8 Å². The minimum absolute atomic E-state index is 0. The van der Waals surface area contributed by atoms with E-state index in [-0.39, 0.29) is 18.4 Å². The predicted octanol–water partition coefficient (Wildman–Crippen LogP) is 0.760. The number of rotatable bonds is 6. The first-order valence-electron chi connectivity index (χ1n) is 6.06. The smallest absolute Gasteiger partial charge is 0.277 e. The minimum atomic E-state index is -3.37. The molecule has 0 aromatic carbocycles. The molecule has 0 amide bonds. The van der Waals surface area contributed by atoms with Crippen LogP contribution in [0.2, 0.25) is 0 Å². The van der Waals surface area contributed by atoms with Crippen molar-refractivity contribution >= 4 is 22.6 Å². The molecular formula is C10H24ClN3O2S. The molecule has 0 aromatic heterocycles. The zero-order valence-corrected chi connectivity index (χ0v) is 11.9. The van der Waals surface area contributed by atoms with Crippen LogP contribution in [0.25, 0.3) is 0 Å². The first kappa shape index (κ1) is 17.1. The maximum absolute atomic E-state index is 11.6. The molecule has 17 heavy (non-hydrogen) atoms. The molecule has 0 saturated heterocycles. The summed E-state index contributed by atoms with van der Waals surface area (Å²) in [7, 11) is -3.37. The van der Waals surface area contributed by atoms with E-state index in [4.69, 9.17) is 5.73 Å². The molecule has 1 aliphatic rings. The molecule has 1 saturated carbocycles. The number of halogens is 1. The van der Waals surface area contributed by atoms with Gasteiger partial charge in [-0.25, -0.2) is 4.72 Å². The summed E-state index contributed by atoms with van der Waals surface area (Å²) >= 11 is 0. The van der Waals surface area contributed by atoms with Gasteiger partial charge in [0.25, 0.3) is 10.2 Å². The standard InChI is InChI=1S/C10H23N3O2S.ClH/c1-2-12-16(14,15)13-10(8-11)9-6-4-3-5-7-9;/h9-10,12-13H,2-8,11H2,1H3;1H. The minimum Gasteiger partial charge on any atom is -0.329 e. The molecule has 1 rings (SSSR count). The first-order valence-corrected chi connectivity index (χ1v) is 7.54. The highest BCUT2D eigenvalue weighted by Crippen LogP contribution is 2.26. The van der Waals surface area contributed by atoms with Crippen LogP contribution >= 0.6 is 12.4 Å². The van der Waals surface area contributed by atoms with Crippen LogP contribution in [-0.4, -0.2) is 27.5 Å². The van der Waals surface area contributed by atoms with Crippen molar-refractivity contribution in [1.82, 2.24) is 9.44 Å². The SMILES string of the molecule is CCNS(=O)(=O)NC(CN)C1CCCCC1.Cl. The lowest BCUT2D eigenvalue weighted by atomic mass is 9.84. The molecule has 1 unspecified atom stereocenters. The molecule has 4 N–H and O–H groups in total. The Bertz CT molecular complexity index is 292. The van der Waals surface area contributed by atoms with Gasteiger partial charge in [0, 0.05) is 19.1 Å². The van der Waals surface area contributed by atoms with Gasteiger partial charge in [-0.15, -0.1) is 12.4 Å². The lowest BCUT2D eigenvalue weighted by Gasteiger charge is -2.29. The molecule has 7 heteroatoms. The Kier molecular flexibility index (Phi) is 8.32. The first-order chi connectivity index (χ1) is 7.59. The lowest BCUT2D eigenvalue weighted by Crippen LogP contribution is -2.49. The molecule has 0 bridgehead atoms. The fraction of sp³-hybridized carbons (Fsp3) is 1.00. The van der Waals surface area contributed by atoms with Crippen LogP contribution in [0.3, 0.4) is 0 Å². The van der Waals surface area contributed by atoms with E-state index < -0.39 is 10.2 Å². The van der Waals surface area contributed by atoms with Gasteiger partial charge in [-0.1, -0.05) is 26.2 Å². The highest BCUT2D eigenvalue weighted by Gasteiger charge is 2.25. The summed E-state index contributed by atoms with van der Waals surface area (Å²) in [5, 5.41) is 0. The molecule has 5 nitrogen and oxygen atoms in total. The highest BCUT2D eigenvalue weighted by molar-refractivity contribution is 7.87. The maximum atomic E-state index is 11.6. The van der Waals surface area contributed by atoms with Crippen molar-refractivity contribution in [2.45, 2.75) is 45.1 Å². The quantitative estimate of drug-likeness (QED) is 0.674. The van der Waals surface area contributed by atoms with Gasteiger partial charge >= 0.3 is 0 Å². The van der Waals surface area contributed by atoms with Crippen molar-refractivity contribution in [3.63, 3.8) is 0 Å². The fourth-order valence-electron chi connectivity index (χ4n) is 2.30. The molecule has 104 valence electrons. The summed E-state index contributed by atoms with van der Waals surface area (Å²) in [6, 6.07) is -0.121. The third-order valence-electron chi connectivity index (χ3n) is 3.11. The summed E-state index contributed by atoms with van der Waals surface area (Å²) in [6.07, 6.45) is 5.79. The average Bonchev–Trinajstić information content (AvgIpc) is 2.27. The van der Waals surface area contributed by atoms with Crippen LogP contribution in [0.5, 0.6) is 0 Å². The Morgan fingerprint density at radius 2 is 1.88 bits per heavy atom. The molecule has 0 aliphatic heterocycles. The van der Waals surface area contributed by atoms with Crippen LogP contribution in [0.4, 0.5) is 0 Å². The number of hydrogen-bond donors (Lipinski definition) is 3. The second-order valence-corrected chi connectivity index (χ2v) is 5.89. The van der Waals surface area contributed by atoms with Gasteiger partial charge in [-0.2, -0.15) is 13.1 Å². The van der Waals surface area contributed by atoms with Gasteiger partial charge < -0.3 is 5.73 Å². The third kappa shape index (κ3) is 6.01. The number of hydrogen-bond acceptors (Lipinski definition) is 3. The van der Waals surface area contributed by atoms with Crippen molar-refractivity contribution in [2.24, 2.45) is 11.7 Å². The predicted molar refractivity (Wildman–Crippen MR) is 72.4 cm³/mol. The summed E-state index contributed by atoms with van der Waals surface area (Å²) in [5.41, 5.74) is 5.65. The van der Waals surface area contributed by atoms with E-state index in [0.29, 0.717) is 19.0 Å². The Morgan fingerprint density at radius 1 is 1.29 bits per heavy atom. The molecule has 1 aliphatic carbocycles. The molecule has 0 radical (unpaired) electrons. The van der Waals surface area contributed by atoms with Crippen molar-refractivity contribution in [1.29, 1.82) is 0 Å². The summed E-state index contributed by atoms with van der Waals surface area (Å²) in [4.78, 5) is 0. The summed E-state index contributed by atoms with van der Waals surface area (Å²) < 4.78 is 28.2. The molecular weight excluding hydrogens is 262 g/mol.